The van der Waals surface area contributed by atoms with Gasteiger partial charge in [0.25, 0.3) is 0 Å². The standard InChI is InChI=1S/C24H29N5O3S.C2H2O4/c1-15(30)25-16-7-8-19(31-2)18(13-16)26-23-22-17-5-3-4-6-20(17)33-24(22)28-21(27-23)14-29-9-11-32-12-10-29;3-1(4)2(5)6/h7-8,13H,3-6,9-12,14H2,1-2H3,(H,25,30)(H,26,27,28);(H,3,4)(H,5,6). The molecule has 1 fully saturated rings. The summed E-state index contributed by atoms with van der Waals surface area (Å²) >= 11 is 1.80. The predicted molar refractivity (Wildman–Crippen MR) is 146 cm³/mol. The number of morpholine rings is 1. The van der Waals surface area contributed by atoms with E-state index in [0.29, 0.717) is 18.0 Å². The fourth-order valence-electron chi connectivity index (χ4n) is 4.54. The number of fused-ring (bicyclic) bond motifs is 3. The van der Waals surface area contributed by atoms with Gasteiger partial charge in [-0.05, 0) is 49.4 Å². The van der Waals surface area contributed by atoms with Gasteiger partial charge in [0, 0.05) is 30.6 Å². The van der Waals surface area contributed by atoms with E-state index < -0.39 is 11.9 Å². The van der Waals surface area contributed by atoms with Crippen LogP contribution >= 0.6 is 11.3 Å². The molecule has 3 aromatic rings. The molecule has 0 bridgehead atoms. The van der Waals surface area contributed by atoms with E-state index in [9.17, 15) is 4.79 Å². The van der Waals surface area contributed by atoms with Crippen LogP contribution in [-0.4, -0.2) is 76.3 Å². The smallest absolute Gasteiger partial charge is 0.414 e. The number of hydrogen-bond donors (Lipinski definition) is 4. The van der Waals surface area contributed by atoms with Gasteiger partial charge in [0.15, 0.2) is 0 Å². The molecule has 0 radical (unpaired) electrons. The number of carboxylic acids is 2. The third kappa shape index (κ3) is 7.19. The van der Waals surface area contributed by atoms with Crippen molar-refractivity contribution in [1.29, 1.82) is 0 Å². The lowest BCUT2D eigenvalue weighted by atomic mass is 9.97. The number of benzene rings is 1. The first-order valence-corrected chi connectivity index (χ1v) is 13.4. The number of thiophene rings is 1. The lowest BCUT2D eigenvalue weighted by Crippen LogP contribution is -2.36. The van der Waals surface area contributed by atoms with Gasteiger partial charge in [0.2, 0.25) is 5.91 Å². The number of nitrogens with zero attached hydrogens (tertiary/aromatic N) is 3. The molecule has 3 heterocycles. The minimum absolute atomic E-state index is 0.116. The van der Waals surface area contributed by atoms with Gasteiger partial charge in [-0.25, -0.2) is 19.6 Å². The average molecular weight is 558 g/mol. The molecule has 0 spiro atoms. The Kier molecular flexibility index (Phi) is 9.28. The molecule has 0 unspecified atom stereocenters. The van der Waals surface area contributed by atoms with Crippen LogP contribution < -0.4 is 15.4 Å². The van der Waals surface area contributed by atoms with Crippen molar-refractivity contribution in [2.24, 2.45) is 0 Å². The highest BCUT2D eigenvalue weighted by Gasteiger charge is 2.23. The van der Waals surface area contributed by atoms with Crippen molar-refractivity contribution in [2.45, 2.75) is 39.2 Å². The quantitative estimate of drug-likeness (QED) is 0.329. The van der Waals surface area contributed by atoms with Gasteiger partial charge in [0.1, 0.15) is 22.2 Å². The number of nitrogens with one attached hydrogen (secondary N) is 2. The summed E-state index contributed by atoms with van der Waals surface area (Å²) < 4.78 is 11.1. The molecule has 1 amide bonds. The van der Waals surface area contributed by atoms with Crippen molar-refractivity contribution >= 4 is 56.6 Å². The van der Waals surface area contributed by atoms with E-state index >= 15 is 0 Å². The van der Waals surface area contributed by atoms with Crippen molar-refractivity contribution in [3.05, 3.63) is 34.5 Å². The van der Waals surface area contributed by atoms with Crippen LogP contribution in [0.1, 0.15) is 36.0 Å². The van der Waals surface area contributed by atoms with Crippen LogP contribution in [0.4, 0.5) is 17.2 Å². The number of aliphatic carboxylic acids is 2. The van der Waals surface area contributed by atoms with Gasteiger partial charge in [-0.15, -0.1) is 11.3 Å². The second-order valence-electron chi connectivity index (χ2n) is 9.10. The minimum Gasteiger partial charge on any atom is -0.495 e. The summed E-state index contributed by atoms with van der Waals surface area (Å²) in [6.45, 7) is 5.46. The summed E-state index contributed by atoms with van der Waals surface area (Å²) in [6, 6.07) is 5.57. The maximum Gasteiger partial charge on any atom is 0.414 e. The number of methoxy groups -OCH3 is 1. The number of carboxylic acid groups (broad SMARTS) is 2. The predicted octanol–water partition coefficient (Wildman–Crippen LogP) is 3.27. The Morgan fingerprint density at radius 1 is 1.10 bits per heavy atom. The molecule has 2 aliphatic rings. The van der Waals surface area contributed by atoms with Gasteiger partial charge < -0.3 is 30.3 Å². The van der Waals surface area contributed by atoms with E-state index in [-0.39, 0.29) is 5.91 Å². The number of carbonyl (C=O) groups excluding carboxylic acids is 1. The Hall–Kier alpha value is -3.81. The topological polar surface area (TPSA) is 163 Å². The molecule has 4 N–H and O–H groups in total. The van der Waals surface area contributed by atoms with E-state index in [1.54, 1.807) is 18.4 Å². The maximum absolute atomic E-state index is 11.6. The van der Waals surface area contributed by atoms with Crippen LogP contribution in [0.5, 0.6) is 5.75 Å². The number of ether oxygens (including phenoxy) is 2. The highest BCUT2D eigenvalue weighted by molar-refractivity contribution is 7.19. The zero-order valence-corrected chi connectivity index (χ0v) is 22.6. The van der Waals surface area contributed by atoms with Crippen LogP contribution in [0.25, 0.3) is 10.2 Å². The van der Waals surface area contributed by atoms with E-state index in [1.165, 1.54) is 30.2 Å². The molecule has 1 aromatic carbocycles. The maximum atomic E-state index is 11.6. The Morgan fingerprint density at radius 3 is 2.49 bits per heavy atom. The van der Waals surface area contributed by atoms with E-state index in [2.05, 4.69) is 15.5 Å². The van der Waals surface area contributed by atoms with Crippen molar-refractivity contribution in [3.63, 3.8) is 0 Å². The number of anilines is 3. The van der Waals surface area contributed by atoms with E-state index in [4.69, 9.17) is 39.2 Å². The zero-order chi connectivity index (χ0) is 27.9. The second kappa shape index (κ2) is 12.8. The van der Waals surface area contributed by atoms with Crippen molar-refractivity contribution in [2.75, 3.05) is 44.0 Å². The first-order chi connectivity index (χ1) is 18.7. The van der Waals surface area contributed by atoms with Crippen molar-refractivity contribution < 1.29 is 34.1 Å². The highest BCUT2D eigenvalue weighted by atomic mass is 32.1. The number of rotatable bonds is 6. The first-order valence-electron chi connectivity index (χ1n) is 12.5. The van der Waals surface area contributed by atoms with Gasteiger partial charge in [0.05, 0.1) is 37.9 Å². The normalized spacial score (nSPS) is 15.0. The van der Waals surface area contributed by atoms with Gasteiger partial charge in [-0.3, -0.25) is 9.69 Å². The minimum atomic E-state index is -1.82. The lowest BCUT2D eigenvalue weighted by molar-refractivity contribution is -0.159. The van der Waals surface area contributed by atoms with Crippen LogP contribution in [-0.2, 0) is 38.5 Å². The zero-order valence-electron chi connectivity index (χ0n) is 21.8. The summed E-state index contributed by atoms with van der Waals surface area (Å²) in [5.41, 5.74) is 2.84. The molecule has 1 saturated heterocycles. The fraction of sp³-hybridized carbons (Fsp3) is 0.423. The summed E-state index contributed by atoms with van der Waals surface area (Å²) in [6.07, 6.45) is 4.58. The number of aromatic nitrogens is 2. The van der Waals surface area contributed by atoms with Crippen LogP contribution in [0.3, 0.4) is 0 Å². The van der Waals surface area contributed by atoms with Gasteiger partial charge in [-0.2, -0.15) is 0 Å². The van der Waals surface area contributed by atoms with E-state index in [0.717, 1.165) is 66.7 Å². The molecule has 13 heteroatoms. The summed E-state index contributed by atoms with van der Waals surface area (Å²) in [5, 5.41) is 22.3. The highest BCUT2D eigenvalue weighted by Crippen LogP contribution is 2.40. The molecule has 5 rings (SSSR count). The largest absolute Gasteiger partial charge is 0.495 e. The molecule has 0 saturated carbocycles. The molecule has 208 valence electrons. The van der Waals surface area contributed by atoms with Crippen LogP contribution in [0, 0.1) is 0 Å². The Morgan fingerprint density at radius 2 is 1.82 bits per heavy atom. The lowest BCUT2D eigenvalue weighted by Gasteiger charge is -2.26. The molecule has 2 aromatic heterocycles. The molecular weight excluding hydrogens is 526 g/mol. The molecule has 1 aliphatic heterocycles. The fourth-order valence-corrected chi connectivity index (χ4v) is 5.82. The second-order valence-corrected chi connectivity index (χ2v) is 10.2. The number of amides is 1. The average Bonchev–Trinajstić information content (AvgIpc) is 3.28. The summed E-state index contributed by atoms with van der Waals surface area (Å²) in [7, 11) is 1.64. The summed E-state index contributed by atoms with van der Waals surface area (Å²) in [4.78, 5) is 44.5. The third-order valence-electron chi connectivity index (χ3n) is 6.29. The molecular formula is C26H31N5O7S. The monoisotopic (exact) mass is 557 g/mol. The third-order valence-corrected chi connectivity index (χ3v) is 7.47. The Labute approximate surface area is 229 Å². The van der Waals surface area contributed by atoms with Crippen molar-refractivity contribution in [3.8, 4) is 5.75 Å². The Balaban J connectivity index is 0.000000531. The number of carbonyl (C=O) groups is 3. The van der Waals surface area contributed by atoms with Gasteiger partial charge in [-0.1, -0.05) is 0 Å². The molecule has 12 nitrogen and oxygen atoms in total. The number of hydrogen-bond acceptors (Lipinski definition) is 10. The van der Waals surface area contributed by atoms with Crippen molar-refractivity contribution in [1.82, 2.24) is 14.9 Å². The molecule has 1 aliphatic carbocycles. The Bertz CT molecular complexity index is 1360. The van der Waals surface area contributed by atoms with E-state index in [1.807, 2.05) is 18.2 Å². The SMILES string of the molecule is COc1ccc(NC(C)=O)cc1Nc1nc(CN2CCOCC2)nc2sc3c(c12)CCCC3.O=C(O)C(=O)O. The van der Waals surface area contributed by atoms with Crippen LogP contribution in [0.15, 0.2) is 18.2 Å². The summed E-state index contributed by atoms with van der Waals surface area (Å²) in [5.74, 6) is -1.46. The van der Waals surface area contributed by atoms with Gasteiger partial charge >= 0.3 is 11.9 Å². The molecule has 0 atom stereocenters. The van der Waals surface area contributed by atoms with Crippen LogP contribution in [0.2, 0.25) is 0 Å². The first kappa shape index (κ1) is 28.2. The number of aryl methyl sites for hydroxylation is 2. The molecule has 39 heavy (non-hydrogen) atoms.